The molecule has 18 heavy (non-hydrogen) atoms. The largest absolute Gasteiger partial charge is 0.352 e. The molecule has 0 fully saturated rings. The first-order valence-corrected chi connectivity index (χ1v) is 6.41. The molecule has 0 aliphatic carbocycles. The quantitative estimate of drug-likeness (QED) is 0.746. The Morgan fingerprint density at radius 3 is 2.78 bits per heavy atom. The standard InChI is InChI=1S/C12H23N5O/c1-5-6-9(2)15-12(18)10(3)13-7-11-14-8-17(4)16-11/h8-10,13H,5-7H2,1-4H3,(H,15,18). The number of hydrogen-bond donors (Lipinski definition) is 2. The van der Waals surface area contributed by atoms with Gasteiger partial charge in [-0.15, -0.1) is 0 Å². The minimum Gasteiger partial charge on any atom is -0.352 e. The zero-order valence-electron chi connectivity index (χ0n) is 11.6. The van der Waals surface area contributed by atoms with Gasteiger partial charge in [0.2, 0.25) is 5.91 Å². The monoisotopic (exact) mass is 253 g/mol. The molecule has 1 rings (SSSR count). The van der Waals surface area contributed by atoms with Crippen LogP contribution in [0.5, 0.6) is 0 Å². The summed E-state index contributed by atoms with van der Waals surface area (Å²) in [7, 11) is 1.82. The molecule has 0 aliphatic rings. The van der Waals surface area contributed by atoms with Crippen LogP contribution in [0.2, 0.25) is 0 Å². The molecule has 6 heteroatoms. The molecule has 1 amide bonds. The van der Waals surface area contributed by atoms with Crippen LogP contribution in [0, 0.1) is 0 Å². The van der Waals surface area contributed by atoms with Crippen molar-refractivity contribution < 1.29 is 4.79 Å². The average Bonchev–Trinajstić information content (AvgIpc) is 2.72. The molecule has 102 valence electrons. The van der Waals surface area contributed by atoms with E-state index in [1.165, 1.54) is 0 Å². The van der Waals surface area contributed by atoms with Gasteiger partial charge in [-0.05, 0) is 20.3 Å². The number of aryl methyl sites for hydroxylation is 1. The fraction of sp³-hybridized carbons (Fsp3) is 0.750. The van der Waals surface area contributed by atoms with E-state index in [4.69, 9.17) is 0 Å². The number of rotatable bonds is 7. The van der Waals surface area contributed by atoms with Crippen molar-refractivity contribution in [1.82, 2.24) is 25.4 Å². The van der Waals surface area contributed by atoms with Gasteiger partial charge in [-0.2, -0.15) is 5.10 Å². The molecule has 1 aromatic heterocycles. The van der Waals surface area contributed by atoms with E-state index in [0.717, 1.165) is 12.8 Å². The highest BCUT2D eigenvalue weighted by atomic mass is 16.2. The van der Waals surface area contributed by atoms with Crippen LogP contribution in [0.15, 0.2) is 6.33 Å². The lowest BCUT2D eigenvalue weighted by molar-refractivity contribution is -0.123. The lowest BCUT2D eigenvalue weighted by Crippen LogP contribution is -2.45. The molecule has 0 saturated heterocycles. The van der Waals surface area contributed by atoms with Crippen molar-refractivity contribution in [3.63, 3.8) is 0 Å². The Labute approximate surface area is 108 Å². The molecule has 0 spiro atoms. The van der Waals surface area contributed by atoms with Gasteiger partial charge in [0, 0.05) is 13.1 Å². The van der Waals surface area contributed by atoms with Gasteiger partial charge in [0.25, 0.3) is 0 Å². The molecule has 1 heterocycles. The summed E-state index contributed by atoms with van der Waals surface area (Å²) in [5.41, 5.74) is 0. The second kappa shape index (κ2) is 7.10. The van der Waals surface area contributed by atoms with E-state index in [-0.39, 0.29) is 18.0 Å². The minimum absolute atomic E-state index is 0.0203. The number of hydrogen-bond acceptors (Lipinski definition) is 4. The van der Waals surface area contributed by atoms with Crippen LogP contribution in [0.1, 0.15) is 39.4 Å². The van der Waals surface area contributed by atoms with Crippen molar-refractivity contribution in [2.24, 2.45) is 7.05 Å². The SMILES string of the molecule is CCCC(C)NC(=O)C(C)NCc1ncn(C)n1. The number of aromatic nitrogens is 3. The predicted molar refractivity (Wildman–Crippen MR) is 69.8 cm³/mol. The molecule has 0 aliphatic heterocycles. The van der Waals surface area contributed by atoms with Gasteiger partial charge in [0.05, 0.1) is 12.6 Å². The van der Waals surface area contributed by atoms with Crippen molar-refractivity contribution in [3.05, 3.63) is 12.2 Å². The van der Waals surface area contributed by atoms with Crippen LogP contribution in [0.25, 0.3) is 0 Å². The van der Waals surface area contributed by atoms with Crippen LogP contribution < -0.4 is 10.6 Å². The maximum absolute atomic E-state index is 11.8. The third kappa shape index (κ3) is 4.83. The van der Waals surface area contributed by atoms with Crippen molar-refractivity contribution in [2.45, 2.75) is 52.2 Å². The zero-order chi connectivity index (χ0) is 13.5. The third-order valence-electron chi connectivity index (χ3n) is 2.72. The van der Waals surface area contributed by atoms with E-state index in [2.05, 4.69) is 27.6 Å². The van der Waals surface area contributed by atoms with Gasteiger partial charge < -0.3 is 5.32 Å². The Hall–Kier alpha value is -1.43. The van der Waals surface area contributed by atoms with Gasteiger partial charge in [-0.25, -0.2) is 4.98 Å². The summed E-state index contributed by atoms with van der Waals surface area (Å²) in [4.78, 5) is 15.9. The zero-order valence-corrected chi connectivity index (χ0v) is 11.6. The number of carbonyl (C=O) groups excluding carboxylic acids is 1. The smallest absolute Gasteiger partial charge is 0.237 e. The molecule has 2 atom stereocenters. The van der Waals surface area contributed by atoms with E-state index >= 15 is 0 Å². The lowest BCUT2D eigenvalue weighted by atomic mass is 10.2. The highest BCUT2D eigenvalue weighted by Crippen LogP contribution is 1.96. The van der Waals surface area contributed by atoms with Gasteiger partial charge >= 0.3 is 0 Å². The number of carbonyl (C=O) groups is 1. The third-order valence-corrected chi connectivity index (χ3v) is 2.72. The van der Waals surface area contributed by atoms with E-state index < -0.39 is 0 Å². The summed E-state index contributed by atoms with van der Waals surface area (Å²) in [6.45, 7) is 6.47. The van der Waals surface area contributed by atoms with E-state index in [0.29, 0.717) is 12.4 Å². The van der Waals surface area contributed by atoms with Crippen molar-refractivity contribution in [1.29, 1.82) is 0 Å². The maximum atomic E-state index is 11.8. The highest BCUT2D eigenvalue weighted by molar-refractivity contribution is 5.81. The van der Waals surface area contributed by atoms with Crippen molar-refractivity contribution in [3.8, 4) is 0 Å². The Morgan fingerprint density at radius 2 is 2.22 bits per heavy atom. The summed E-state index contributed by atoms with van der Waals surface area (Å²) < 4.78 is 1.64. The topological polar surface area (TPSA) is 71.8 Å². The summed E-state index contributed by atoms with van der Waals surface area (Å²) in [5, 5.41) is 10.2. The second-order valence-corrected chi connectivity index (χ2v) is 4.64. The minimum atomic E-state index is -0.242. The molecule has 0 saturated carbocycles. The summed E-state index contributed by atoms with van der Waals surface area (Å²) in [5.74, 6) is 0.714. The molecule has 6 nitrogen and oxygen atoms in total. The lowest BCUT2D eigenvalue weighted by Gasteiger charge is -2.17. The molecule has 0 bridgehead atoms. The van der Waals surface area contributed by atoms with Crippen molar-refractivity contribution >= 4 is 5.91 Å². The fourth-order valence-electron chi connectivity index (χ4n) is 1.68. The van der Waals surface area contributed by atoms with Gasteiger partial charge in [-0.1, -0.05) is 13.3 Å². The van der Waals surface area contributed by atoms with Crippen LogP contribution in [-0.4, -0.2) is 32.8 Å². The molecule has 2 unspecified atom stereocenters. The van der Waals surface area contributed by atoms with Crippen LogP contribution in [-0.2, 0) is 18.4 Å². The molecule has 2 N–H and O–H groups in total. The Morgan fingerprint density at radius 1 is 1.50 bits per heavy atom. The van der Waals surface area contributed by atoms with Crippen LogP contribution in [0.4, 0.5) is 0 Å². The van der Waals surface area contributed by atoms with Crippen LogP contribution >= 0.6 is 0 Å². The maximum Gasteiger partial charge on any atom is 0.237 e. The first-order valence-electron chi connectivity index (χ1n) is 6.41. The first-order chi connectivity index (χ1) is 8.52. The summed E-state index contributed by atoms with van der Waals surface area (Å²) >= 11 is 0. The summed E-state index contributed by atoms with van der Waals surface area (Å²) in [6.07, 6.45) is 3.71. The Balaban J connectivity index is 2.31. The molecule has 1 aromatic rings. The highest BCUT2D eigenvalue weighted by Gasteiger charge is 2.14. The normalized spacial score (nSPS) is 14.2. The van der Waals surface area contributed by atoms with Crippen molar-refractivity contribution in [2.75, 3.05) is 0 Å². The molecular formula is C12H23N5O. The van der Waals surface area contributed by atoms with Crippen LogP contribution in [0.3, 0.4) is 0 Å². The van der Waals surface area contributed by atoms with E-state index in [9.17, 15) is 4.79 Å². The van der Waals surface area contributed by atoms with Gasteiger partial charge in [-0.3, -0.25) is 14.8 Å². The Bertz CT molecular complexity index is 376. The first kappa shape index (κ1) is 14.6. The Kier molecular flexibility index (Phi) is 5.77. The molecule has 0 radical (unpaired) electrons. The van der Waals surface area contributed by atoms with E-state index in [1.54, 1.807) is 11.0 Å². The predicted octanol–water partition coefficient (Wildman–Crippen LogP) is 0.598. The molecular weight excluding hydrogens is 230 g/mol. The average molecular weight is 253 g/mol. The van der Waals surface area contributed by atoms with E-state index in [1.807, 2.05) is 20.9 Å². The molecule has 0 aromatic carbocycles. The number of amides is 1. The number of nitrogens with one attached hydrogen (secondary N) is 2. The van der Waals surface area contributed by atoms with Gasteiger partial charge in [0.15, 0.2) is 5.82 Å². The number of nitrogens with zero attached hydrogens (tertiary/aromatic N) is 3. The summed E-state index contributed by atoms with van der Waals surface area (Å²) in [6, 6.07) is -0.0205. The fourth-order valence-corrected chi connectivity index (χ4v) is 1.68. The van der Waals surface area contributed by atoms with Gasteiger partial charge in [0.1, 0.15) is 6.33 Å². The second-order valence-electron chi connectivity index (χ2n) is 4.64.